The number of hydrogen-bond donors (Lipinski definition) is 0. The molecule has 1 aromatic carbocycles. The molecule has 0 unspecified atom stereocenters. The summed E-state index contributed by atoms with van der Waals surface area (Å²) in [4.78, 5) is 0. The summed E-state index contributed by atoms with van der Waals surface area (Å²) in [5.74, 6) is -0.299. The van der Waals surface area contributed by atoms with E-state index in [0.717, 1.165) is 0 Å². The van der Waals surface area contributed by atoms with Crippen molar-refractivity contribution in [1.29, 1.82) is 5.26 Å². The second-order valence-electron chi connectivity index (χ2n) is 4.06. The average Bonchev–Trinajstić information content (AvgIpc) is 2.01. The van der Waals surface area contributed by atoms with E-state index < -0.39 is 0 Å². The van der Waals surface area contributed by atoms with E-state index in [1.807, 2.05) is 26.8 Å². The van der Waals surface area contributed by atoms with E-state index in [0.29, 0.717) is 11.1 Å². The van der Waals surface area contributed by atoms with Gasteiger partial charge in [0.1, 0.15) is 5.82 Å². The maximum absolute atomic E-state index is 13.4. The zero-order valence-electron chi connectivity index (χ0n) is 8.06. The molecule has 0 aliphatic rings. The monoisotopic (exact) mass is 177 g/mol. The van der Waals surface area contributed by atoms with Crippen LogP contribution in [0.3, 0.4) is 0 Å². The van der Waals surface area contributed by atoms with Gasteiger partial charge in [0.15, 0.2) is 0 Å². The molecule has 0 radical (unpaired) electrons. The van der Waals surface area contributed by atoms with Crippen molar-refractivity contribution >= 4 is 0 Å². The van der Waals surface area contributed by atoms with Crippen LogP contribution in [-0.2, 0) is 5.41 Å². The minimum absolute atomic E-state index is 0.210. The van der Waals surface area contributed by atoms with E-state index in [1.54, 1.807) is 12.1 Å². The molecule has 13 heavy (non-hydrogen) atoms. The molecule has 0 aromatic heterocycles. The van der Waals surface area contributed by atoms with Crippen LogP contribution in [0.5, 0.6) is 0 Å². The lowest BCUT2D eigenvalue weighted by atomic mass is 9.86. The van der Waals surface area contributed by atoms with Crippen molar-refractivity contribution in [3.05, 3.63) is 35.1 Å². The van der Waals surface area contributed by atoms with Crippen molar-refractivity contribution in [2.45, 2.75) is 26.2 Å². The molecular weight excluding hydrogens is 165 g/mol. The maximum Gasteiger partial charge on any atom is 0.128 e. The predicted molar refractivity (Wildman–Crippen MR) is 49.8 cm³/mol. The summed E-state index contributed by atoms with van der Waals surface area (Å²) in [5, 5.41) is 8.54. The van der Waals surface area contributed by atoms with Gasteiger partial charge in [0, 0.05) is 0 Å². The van der Waals surface area contributed by atoms with Crippen LogP contribution in [0.25, 0.3) is 0 Å². The standard InChI is InChI=1S/C11H12FN/c1-11(2,3)9-5-4-8(7-13)6-10(9)12/h4-6H,1-3H3. The van der Waals surface area contributed by atoms with Gasteiger partial charge >= 0.3 is 0 Å². The molecule has 1 rings (SSSR count). The van der Waals surface area contributed by atoms with E-state index in [2.05, 4.69) is 0 Å². The Bertz CT molecular complexity index is 355. The van der Waals surface area contributed by atoms with Gasteiger partial charge in [-0.1, -0.05) is 26.8 Å². The van der Waals surface area contributed by atoms with Crippen LogP contribution in [0, 0.1) is 17.1 Å². The lowest BCUT2D eigenvalue weighted by Crippen LogP contribution is -2.13. The number of rotatable bonds is 0. The van der Waals surface area contributed by atoms with Crippen molar-refractivity contribution in [3.63, 3.8) is 0 Å². The van der Waals surface area contributed by atoms with Crippen LogP contribution in [-0.4, -0.2) is 0 Å². The molecular formula is C11H12FN. The molecule has 1 aromatic rings. The minimum atomic E-state index is -0.299. The van der Waals surface area contributed by atoms with E-state index in [4.69, 9.17) is 5.26 Å². The summed E-state index contributed by atoms with van der Waals surface area (Å²) in [6.07, 6.45) is 0. The van der Waals surface area contributed by atoms with E-state index in [1.165, 1.54) is 6.07 Å². The Kier molecular flexibility index (Phi) is 2.38. The first-order valence-electron chi connectivity index (χ1n) is 4.15. The molecule has 0 saturated heterocycles. The fourth-order valence-electron chi connectivity index (χ4n) is 1.19. The highest BCUT2D eigenvalue weighted by Crippen LogP contribution is 2.25. The number of hydrogen-bond acceptors (Lipinski definition) is 1. The number of halogens is 1. The smallest absolute Gasteiger partial charge is 0.128 e. The second kappa shape index (κ2) is 3.18. The Morgan fingerprint density at radius 3 is 2.31 bits per heavy atom. The largest absolute Gasteiger partial charge is 0.207 e. The Balaban J connectivity index is 3.23. The summed E-state index contributed by atoms with van der Waals surface area (Å²) < 4.78 is 13.4. The number of nitriles is 1. The Morgan fingerprint density at radius 2 is 1.92 bits per heavy atom. The molecule has 68 valence electrons. The predicted octanol–water partition coefficient (Wildman–Crippen LogP) is 2.99. The van der Waals surface area contributed by atoms with Crippen molar-refractivity contribution in [1.82, 2.24) is 0 Å². The first-order chi connectivity index (χ1) is 5.95. The van der Waals surface area contributed by atoms with Gasteiger partial charge in [-0.3, -0.25) is 0 Å². The van der Waals surface area contributed by atoms with Crippen LogP contribution < -0.4 is 0 Å². The number of benzene rings is 1. The van der Waals surface area contributed by atoms with Crippen LogP contribution in [0.15, 0.2) is 18.2 Å². The third-order valence-corrected chi connectivity index (χ3v) is 1.91. The third-order valence-electron chi connectivity index (χ3n) is 1.91. The minimum Gasteiger partial charge on any atom is -0.207 e. The summed E-state index contributed by atoms with van der Waals surface area (Å²) in [6, 6.07) is 6.50. The van der Waals surface area contributed by atoms with Crippen molar-refractivity contribution < 1.29 is 4.39 Å². The molecule has 0 aliphatic heterocycles. The average molecular weight is 177 g/mol. The van der Waals surface area contributed by atoms with Gasteiger partial charge < -0.3 is 0 Å². The molecule has 0 bridgehead atoms. The van der Waals surface area contributed by atoms with Gasteiger partial charge in [-0.05, 0) is 23.1 Å². The molecule has 0 amide bonds. The summed E-state index contributed by atoms with van der Waals surface area (Å²) in [5.41, 5.74) is 0.801. The summed E-state index contributed by atoms with van der Waals surface area (Å²) >= 11 is 0. The molecule has 0 atom stereocenters. The Labute approximate surface area is 77.8 Å². The van der Waals surface area contributed by atoms with Crippen molar-refractivity contribution in [3.8, 4) is 6.07 Å². The zero-order chi connectivity index (χ0) is 10.1. The highest BCUT2D eigenvalue weighted by atomic mass is 19.1. The first kappa shape index (κ1) is 9.73. The zero-order valence-corrected chi connectivity index (χ0v) is 8.06. The highest BCUT2D eigenvalue weighted by molar-refractivity contribution is 5.35. The van der Waals surface area contributed by atoms with E-state index in [-0.39, 0.29) is 11.2 Å². The van der Waals surface area contributed by atoms with Crippen molar-refractivity contribution in [2.24, 2.45) is 0 Å². The highest BCUT2D eigenvalue weighted by Gasteiger charge is 2.17. The Morgan fingerprint density at radius 1 is 1.31 bits per heavy atom. The quantitative estimate of drug-likeness (QED) is 0.597. The van der Waals surface area contributed by atoms with Crippen LogP contribution in [0.1, 0.15) is 31.9 Å². The van der Waals surface area contributed by atoms with E-state index in [9.17, 15) is 4.39 Å². The summed E-state index contributed by atoms with van der Waals surface area (Å²) in [7, 11) is 0. The van der Waals surface area contributed by atoms with Crippen LogP contribution in [0.2, 0.25) is 0 Å². The normalized spacial score (nSPS) is 11.0. The maximum atomic E-state index is 13.4. The topological polar surface area (TPSA) is 23.8 Å². The SMILES string of the molecule is CC(C)(C)c1ccc(C#N)cc1F. The van der Waals surface area contributed by atoms with Crippen molar-refractivity contribution in [2.75, 3.05) is 0 Å². The second-order valence-corrected chi connectivity index (χ2v) is 4.06. The summed E-state index contributed by atoms with van der Waals surface area (Å²) in [6.45, 7) is 5.83. The first-order valence-corrected chi connectivity index (χ1v) is 4.15. The lowest BCUT2D eigenvalue weighted by Gasteiger charge is -2.19. The molecule has 0 N–H and O–H groups in total. The number of nitrogens with zero attached hydrogens (tertiary/aromatic N) is 1. The lowest BCUT2D eigenvalue weighted by molar-refractivity contribution is 0.522. The molecule has 1 nitrogen and oxygen atoms in total. The molecule has 0 spiro atoms. The fraction of sp³-hybridized carbons (Fsp3) is 0.364. The molecule has 0 fully saturated rings. The van der Waals surface area contributed by atoms with Gasteiger partial charge in [-0.15, -0.1) is 0 Å². The molecule has 0 heterocycles. The fourth-order valence-corrected chi connectivity index (χ4v) is 1.19. The van der Waals surface area contributed by atoms with Crippen LogP contribution in [0.4, 0.5) is 4.39 Å². The molecule has 0 saturated carbocycles. The molecule has 0 aliphatic carbocycles. The Hall–Kier alpha value is -1.36. The van der Waals surface area contributed by atoms with E-state index >= 15 is 0 Å². The van der Waals surface area contributed by atoms with Crippen LogP contribution >= 0.6 is 0 Å². The molecule has 2 heteroatoms. The van der Waals surface area contributed by atoms with Gasteiger partial charge in [-0.25, -0.2) is 4.39 Å². The van der Waals surface area contributed by atoms with Gasteiger partial charge in [0.05, 0.1) is 11.6 Å². The van der Waals surface area contributed by atoms with Gasteiger partial charge in [-0.2, -0.15) is 5.26 Å². The van der Waals surface area contributed by atoms with Gasteiger partial charge in [0.25, 0.3) is 0 Å². The van der Waals surface area contributed by atoms with Gasteiger partial charge in [0.2, 0.25) is 0 Å². The third kappa shape index (κ3) is 2.06.